The van der Waals surface area contributed by atoms with Gasteiger partial charge in [0.1, 0.15) is 6.04 Å². The van der Waals surface area contributed by atoms with Crippen LogP contribution in [0.25, 0.3) is 0 Å². The summed E-state index contributed by atoms with van der Waals surface area (Å²) in [4.78, 5) is 35.6. The van der Waals surface area contributed by atoms with Crippen LogP contribution in [-0.2, 0) is 29.1 Å². The maximum atomic E-state index is 12.9. The molecule has 2 N–H and O–H groups in total. The van der Waals surface area contributed by atoms with E-state index < -0.39 is 34.5 Å². The summed E-state index contributed by atoms with van der Waals surface area (Å²) in [6, 6.07) is 6.91. The zero-order valence-electron chi connectivity index (χ0n) is 15.7. The van der Waals surface area contributed by atoms with Crippen molar-refractivity contribution in [1.82, 2.24) is 14.9 Å². The standard InChI is InChI=1S/C18H25N3O6S/c1-2-19-16(22)12-20-17(23)13-27-18(24)15-10-6-7-11-21(15)28(25,26)14-8-4-3-5-9-14/h3-5,8-9,15H,2,6-7,10-13H2,1H3,(H,19,22)(H,20,23)/t15-/m1/s1. The first kappa shape index (κ1) is 21.8. The van der Waals surface area contributed by atoms with Gasteiger partial charge in [0.2, 0.25) is 15.9 Å². The Morgan fingerprint density at radius 2 is 1.82 bits per heavy atom. The van der Waals surface area contributed by atoms with Crippen molar-refractivity contribution in [3.05, 3.63) is 30.3 Å². The Bertz CT molecular complexity index is 797. The predicted molar refractivity (Wildman–Crippen MR) is 101 cm³/mol. The van der Waals surface area contributed by atoms with Gasteiger partial charge in [-0.3, -0.25) is 14.4 Å². The van der Waals surface area contributed by atoms with Crippen LogP contribution in [0.2, 0.25) is 0 Å². The fourth-order valence-electron chi connectivity index (χ4n) is 2.88. The lowest BCUT2D eigenvalue weighted by atomic mass is 10.1. The summed E-state index contributed by atoms with van der Waals surface area (Å²) in [6.07, 6.45) is 1.65. The quantitative estimate of drug-likeness (QED) is 0.582. The maximum Gasteiger partial charge on any atom is 0.324 e. The van der Waals surface area contributed by atoms with Crippen LogP contribution in [0.3, 0.4) is 0 Å². The molecule has 1 aromatic rings. The SMILES string of the molecule is CCNC(=O)CNC(=O)COC(=O)[C@H]1CCCCN1S(=O)(=O)c1ccccc1. The molecule has 1 aliphatic heterocycles. The minimum Gasteiger partial charge on any atom is -0.454 e. The number of nitrogens with zero attached hydrogens (tertiary/aromatic N) is 1. The van der Waals surface area contributed by atoms with Gasteiger partial charge < -0.3 is 15.4 Å². The zero-order chi connectivity index (χ0) is 20.6. The summed E-state index contributed by atoms with van der Waals surface area (Å²) in [6.45, 7) is 1.61. The van der Waals surface area contributed by atoms with Crippen LogP contribution in [0.4, 0.5) is 0 Å². The van der Waals surface area contributed by atoms with E-state index in [9.17, 15) is 22.8 Å². The molecule has 28 heavy (non-hydrogen) atoms. The van der Waals surface area contributed by atoms with E-state index in [0.29, 0.717) is 25.8 Å². The Labute approximate surface area is 164 Å². The Balaban J connectivity index is 1.97. The van der Waals surface area contributed by atoms with Gasteiger partial charge >= 0.3 is 5.97 Å². The van der Waals surface area contributed by atoms with Crippen molar-refractivity contribution in [1.29, 1.82) is 0 Å². The summed E-state index contributed by atoms with van der Waals surface area (Å²) >= 11 is 0. The van der Waals surface area contributed by atoms with Crippen molar-refractivity contribution < 1.29 is 27.5 Å². The number of likely N-dealkylation sites (N-methyl/N-ethyl adjacent to an activating group) is 1. The summed E-state index contributed by atoms with van der Waals surface area (Å²) in [7, 11) is -3.84. The molecular weight excluding hydrogens is 386 g/mol. The number of nitrogens with one attached hydrogen (secondary N) is 2. The fourth-order valence-corrected chi connectivity index (χ4v) is 4.55. The van der Waals surface area contributed by atoms with Gasteiger partial charge in [0.15, 0.2) is 6.61 Å². The smallest absolute Gasteiger partial charge is 0.324 e. The van der Waals surface area contributed by atoms with E-state index in [2.05, 4.69) is 10.6 Å². The second-order valence-corrected chi connectivity index (χ2v) is 8.17. The average Bonchev–Trinajstić information content (AvgIpc) is 2.71. The van der Waals surface area contributed by atoms with E-state index in [1.807, 2.05) is 0 Å². The largest absolute Gasteiger partial charge is 0.454 e. The molecule has 1 fully saturated rings. The van der Waals surface area contributed by atoms with E-state index in [4.69, 9.17) is 4.74 Å². The Morgan fingerprint density at radius 1 is 1.11 bits per heavy atom. The molecule has 1 aliphatic rings. The molecule has 1 saturated heterocycles. The molecule has 0 radical (unpaired) electrons. The number of carbonyl (C=O) groups is 3. The zero-order valence-corrected chi connectivity index (χ0v) is 16.5. The molecule has 0 aromatic heterocycles. The van der Waals surface area contributed by atoms with Crippen molar-refractivity contribution in [3.63, 3.8) is 0 Å². The molecule has 9 nitrogen and oxygen atoms in total. The summed E-state index contributed by atoms with van der Waals surface area (Å²) < 4.78 is 31.9. The van der Waals surface area contributed by atoms with Crippen LogP contribution >= 0.6 is 0 Å². The van der Waals surface area contributed by atoms with Gasteiger partial charge in [-0.2, -0.15) is 4.31 Å². The Kier molecular flexibility index (Phi) is 7.94. The summed E-state index contributed by atoms with van der Waals surface area (Å²) in [5.41, 5.74) is 0. The normalized spacial score (nSPS) is 17.5. The van der Waals surface area contributed by atoms with Gasteiger partial charge in [0.25, 0.3) is 5.91 Å². The van der Waals surface area contributed by atoms with Gasteiger partial charge in [-0.1, -0.05) is 18.2 Å². The first-order valence-corrected chi connectivity index (χ1v) is 10.6. The number of benzene rings is 1. The second-order valence-electron chi connectivity index (χ2n) is 6.28. The van der Waals surface area contributed by atoms with Crippen molar-refractivity contribution >= 4 is 27.8 Å². The van der Waals surface area contributed by atoms with E-state index >= 15 is 0 Å². The van der Waals surface area contributed by atoms with Crippen LogP contribution in [0.5, 0.6) is 0 Å². The fraction of sp³-hybridized carbons (Fsp3) is 0.500. The molecule has 2 amide bonds. The van der Waals surface area contributed by atoms with E-state index in [1.54, 1.807) is 25.1 Å². The number of sulfonamides is 1. The maximum absolute atomic E-state index is 12.9. The minimum atomic E-state index is -3.84. The summed E-state index contributed by atoms with van der Waals surface area (Å²) in [5, 5.41) is 4.85. The number of ether oxygens (including phenoxy) is 1. The van der Waals surface area contributed by atoms with E-state index in [-0.39, 0.29) is 23.9 Å². The third-order valence-corrected chi connectivity index (χ3v) is 6.16. The lowest BCUT2D eigenvalue weighted by Gasteiger charge is -2.32. The van der Waals surface area contributed by atoms with Gasteiger partial charge in [-0.25, -0.2) is 8.42 Å². The molecule has 154 valence electrons. The van der Waals surface area contributed by atoms with Gasteiger partial charge in [0, 0.05) is 13.1 Å². The van der Waals surface area contributed by atoms with Crippen molar-refractivity contribution in [2.45, 2.75) is 37.1 Å². The average molecular weight is 411 g/mol. The van der Waals surface area contributed by atoms with Gasteiger partial charge in [-0.15, -0.1) is 0 Å². The van der Waals surface area contributed by atoms with E-state index in [1.165, 1.54) is 12.1 Å². The third kappa shape index (κ3) is 5.77. The molecule has 0 aliphatic carbocycles. The van der Waals surface area contributed by atoms with Crippen molar-refractivity contribution in [2.75, 3.05) is 26.2 Å². The summed E-state index contributed by atoms with van der Waals surface area (Å²) in [5.74, 6) is -1.75. The predicted octanol–water partition coefficient (Wildman–Crippen LogP) is 0.0253. The first-order chi connectivity index (χ1) is 13.4. The van der Waals surface area contributed by atoms with Gasteiger partial charge in [-0.05, 0) is 38.3 Å². The Morgan fingerprint density at radius 3 is 2.50 bits per heavy atom. The molecule has 0 bridgehead atoms. The molecule has 1 atom stereocenters. The topological polar surface area (TPSA) is 122 Å². The van der Waals surface area contributed by atoms with Crippen LogP contribution in [0.15, 0.2) is 35.2 Å². The Hall–Kier alpha value is -2.46. The number of carbonyl (C=O) groups excluding carboxylic acids is 3. The molecule has 10 heteroatoms. The monoisotopic (exact) mass is 411 g/mol. The third-order valence-electron chi connectivity index (χ3n) is 4.24. The number of piperidine rings is 1. The number of esters is 1. The number of hydrogen-bond donors (Lipinski definition) is 2. The van der Waals surface area contributed by atoms with Crippen molar-refractivity contribution in [2.24, 2.45) is 0 Å². The van der Waals surface area contributed by atoms with E-state index in [0.717, 1.165) is 4.31 Å². The molecule has 2 rings (SSSR count). The molecule has 1 heterocycles. The number of amides is 2. The highest BCUT2D eigenvalue weighted by Gasteiger charge is 2.38. The van der Waals surface area contributed by atoms with Gasteiger partial charge in [0.05, 0.1) is 11.4 Å². The van der Waals surface area contributed by atoms with Crippen LogP contribution in [0, 0.1) is 0 Å². The number of hydrogen-bond acceptors (Lipinski definition) is 6. The highest BCUT2D eigenvalue weighted by atomic mass is 32.2. The molecule has 1 aromatic carbocycles. The first-order valence-electron chi connectivity index (χ1n) is 9.13. The van der Waals surface area contributed by atoms with Crippen LogP contribution < -0.4 is 10.6 Å². The number of rotatable bonds is 8. The second kappa shape index (κ2) is 10.2. The van der Waals surface area contributed by atoms with Crippen LogP contribution in [0.1, 0.15) is 26.2 Å². The highest BCUT2D eigenvalue weighted by Crippen LogP contribution is 2.26. The van der Waals surface area contributed by atoms with Crippen molar-refractivity contribution in [3.8, 4) is 0 Å². The molecule has 0 spiro atoms. The van der Waals surface area contributed by atoms with Crippen LogP contribution in [-0.4, -0.2) is 62.8 Å². The molecule has 0 unspecified atom stereocenters. The lowest BCUT2D eigenvalue weighted by molar-refractivity contribution is -0.153. The molecular formula is C18H25N3O6S. The lowest BCUT2D eigenvalue weighted by Crippen LogP contribution is -2.49. The molecule has 0 saturated carbocycles. The highest BCUT2D eigenvalue weighted by molar-refractivity contribution is 7.89. The minimum absolute atomic E-state index is 0.106.